The summed E-state index contributed by atoms with van der Waals surface area (Å²) >= 11 is 0. The molecule has 0 radical (unpaired) electrons. The molecule has 5 aromatic rings. The molecule has 0 bridgehead atoms. The maximum atomic E-state index is 12.5. The van der Waals surface area contributed by atoms with E-state index in [-0.39, 0.29) is 11.6 Å². The van der Waals surface area contributed by atoms with Crippen LogP contribution >= 0.6 is 0 Å². The van der Waals surface area contributed by atoms with Crippen LogP contribution in [0.2, 0.25) is 0 Å². The molecule has 0 aliphatic carbocycles. The normalized spacial score (nSPS) is 10.9. The van der Waals surface area contributed by atoms with Crippen LogP contribution in [0.4, 0.5) is 5.69 Å². The second-order valence-electron chi connectivity index (χ2n) is 6.28. The third-order valence-corrected chi connectivity index (χ3v) is 4.39. The highest BCUT2D eigenvalue weighted by Gasteiger charge is 2.14. The molecule has 5 rings (SSSR count). The van der Waals surface area contributed by atoms with Crippen LogP contribution < -0.4 is 5.32 Å². The molecule has 0 saturated heterocycles. The van der Waals surface area contributed by atoms with E-state index in [9.17, 15) is 4.79 Å². The summed E-state index contributed by atoms with van der Waals surface area (Å²) < 4.78 is 7.13. The van der Waals surface area contributed by atoms with Crippen molar-refractivity contribution in [2.75, 3.05) is 5.32 Å². The van der Waals surface area contributed by atoms with E-state index in [1.54, 1.807) is 43.1 Å². The minimum atomic E-state index is -0.383. The molecular formula is C21H14N6O2. The first-order chi connectivity index (χ1) is 14.3. The lowest BCUT2D eigenvalue weighted by molar-refractivity contribution is 0.101. The van der Waals surface area contributed by atoms with Crippen molar-refractivity contribution in [3.63, 3.8) is 0 Å². The predicted molar refractivity (Wildman–Crippen MR) is 107 cm³/mol. The van der Waals surface area contributed by atoms with Crippen molar-refractivity contribution in [2.24, 2.45) is 0 Å². The smallest absolute Gasteiger partial charge is 0.277 e. The summed E-state index contributed by atoms with van der Waals surface area (Å²) in [6.07, 6.45) is 6.62. The monoisotopic (exact) mass is 382 g/mol. The number of imidazole rings is 1. The first-order valence-corrected chi connectivity index (χ1v) is 8.85. The van der Waals surface area contributed by atoms with Crippen molar-refractivity contribution in [3.8, 4) is 17.1 Å². The van der Waals surface area contributed by atoms with Crippen LogP contribution in [0.25, 0.3) is 28.2 Å². The maximum absolute atomic E-state index is 12.5. The Morgan fingerprint density at radius 1 is 1.00 bits per heavy atom. The number of hydrogen-bond donors (Lipinski definition) is 1. The number of nitrogens with one attached hydrogen (secondary N) is 1. The van der Waals surface area contributed by atoms with Gasteiger partial charge in [-0.2, -0.15) is 0 Å². The molecule has 8 nitrogen and oxygen atoms in total. The Balaban J connectivity index is 1.34. The standard InChI is InChI=1S/C21H14N6O2/c28-21(17-10-19(29-26-17)14-4-3-9-22-11-14)25-15-7-8-20(23-12-15)27-13-24-16-5-1-2-6-18(16)27/h1-13H,(H,25,28). The molecule has 1 N–H and O–H groups in total. The van der Waals surface area contributed by atoms with Gasteiger partial charge in [0, 0.05) is 24.0 Å². The second kappa shape index (κ2) is 7.01. The number of pyridine rings is 2. The number of para-hydroxylation sites is 2. The molecule has 1 amide bonds. The SMILES string of the molecule is O=C(Nc1ccc(-n2cnc3ccccc32)nc1)c1cc(-c2cccnc2)on1. The van der Waals surface area contributed by atoms with Gasteiger partial charge in [-0.1, -0.05) is 17.3 Å². The van der Waals surface area contributed by atoms with Crippen LogP contribution in [-0.2, 0) is 0 Å². The van der Waals surface area contributed by atoms with Gasteiger partial charge >= 0.3 is 0 Å². The number of carbonyl (C=O) groups is 1. The lowest BCUT2D eigenvalue weighted by Gasteiger charge is -2.06. The summed E-state index contributed by atoms with van der Waals surface area (Å²) in [4.78, 5) is 25.3. The summed E-state index contributed by atoms with van der Waals surface area (Å²) in [5.74, 6) is 0.798. The van der Waals surface area contributed by atoms with E-state index in [1.807, 2.05) is 41.0 Å². The minimum Gasteiger partial charge on any atom is -0.355 e. The summed E-state index contributed by atoms with van der Waals surface area (Å²) in [6, 6.07) is 16.6. The molecule has 1 aromatic carbocycles. The second-order valence-corrected chi connectivity index (χ2v) is 6.28. The van der Waals surface area contributed by atoms with E-state index in [0.29, 0.717) is 17.3 Å². The first-order valence-electron chi connectivity index (χ1n) is 8.85. The van der Waals surface area contributed by atoms with E-state index in [4.69, 9.17) is 4.52 Å². The third kappa shape index (κ3) is 3.23. The highest BCUT2D eigenvalue weighted by Crippen LogP contribution is 2.20. The number of aromatic nitrogens is 5. The van der Waals surface area contributed by atoms with Crippen LogP contribution in [0.1, 0.15) is 10.5 Å². The van der Waals surface area contributed by atoms with Gasteiger partial charge in [0.1, 0.15) is 12.1 Å². The third-order valence-electron chi connectivity index (χ3n) is 4.39. The van der Waals surface area contributed by atoms with Gasteiger partial charge in [0.05, 0.1) is 22.9 Å². The molecule has 140 valence electrons. The van der Waals surface area contributed by atoms with Crippen molar-refractivity contribution in [1.29, 1.82) is 0 Å². The molecule has 0 atom stereocenters. The Morgan fingerprint density at radius 2 is 1.93 bits per heavy atom. The molecule has 0 aliphatic rings. The van der Waals surface area contributed by atoms with E-state index >= 15 is 0 Å². The van der Waals surface area contributed by atoms with E-state index < -0.39 is 0 Å². The first kappa shape index (κ1) is 16.8. The van der Waals surface area contributed by atoms with E-state index in [0.717, 1.165) is 16.6 Å². The Kier molecular flexibility index (Phi) is 4.06. The topological polar surface area (TPSA) is 98.7 Å². The lowest BCUT2D eigenvalue weighted by atomic mass is 10.2. The number of anilines is 1. The largest absolute Gasteiger partial charge is 0.355 e. The highest BCUT2D eigenvalue weighted by atomic mass is 16.5. The van der Waals surface area contributed by atoms with Crippen molar-refractivity contribution in [3.05, 3.63) is 85.2 Å². The Bertz CT molecular complexity index is 1290. The average Bonchev–Trinajstić information content (AvgIpc) is 3.43. The van der Waals surface area contributed by atoms with Crippen molar-refractivity contribution in [2.45, 2.75) is 0 Å². The average molecular weight is 382 g/mol. The van der Waals surface area contributed by atoms with Gasteiger partial charge < -0.3 is 9.84 Å². The predicted octanol–water partition coefficient (Wildman–Crippen LogP) is 3.72. The van der Waals surface area contributed by atoms with Crippen LogP contribution in [0, 0.1) is 0 Å². The van der Waals surface area contributed by atoms with Crippen LogP contribution in [0.3, 0.4) is 0 Å². The zero-order chi connectivity index (χ0) is 19.6. The fourth-order valence-corrected chi connectivity index (χ4v) is 2.97. The van der Waals surface area contributed by atoms with Crippen molar-refractivity contribution >= 4 is 22.6 Å². The number of rotatable bonds is 4. The van der Waals surface area contributed by atoms with Crippen LogP contribution in [0.15, 0.2) is 84.0 Å². The molecule has 4 heterocycles. The fourth-order valence-electron chi connectivity index (χ4n) is 2.97. The summed E-state index contributed by atoms with van der Waals surface area (Å²) in [5.41, 5.74) is 3.32. The molecule has 0 saturated carbocycles. The molecule has 0 aliphatic heterocycles. The molecule has 8 heteroatoms. The van der Waals surface area contributed by atoms with Gasteiger partial charge in [0.25, 0.3) is 5.91 Å². The quantitative estimate of drug-likeness (QED) is 0.509. The Hall–Kier alpha value is -4.33. The van der Waals surface area contributed by atoms with Crippen molar-refractivity contribution < 1.29 is 9.32 Å². The minimum absolute atomic E-state index is 0.175. The lowest BCUT2D eigenvalue weighted by Crippen LogP contribution is -2.12. The van der Waals surface area contributed by atoms with Crippen molar-refractivity contribution in [1.82, 2.24) is 24.7 Å². The number of fused-ring (bicyclic) bond motifs is 1. The number of carbonyl (C=O) groups excluding carboxylic acids is 1. The zero-order valence-corrected chi connectivity index (χ0v) is 15.1. The number of amides is 1. The number of nitrogens with zero attached hydrogens (tertiary/aromatic N) is 5. The molecule has 0 fully saturated rings. The molecular weight excluding hydrogens is 368 g/mol. The zero-order valence-electron chi connectivity index (χ0n) is 15.1. The number of hydrogen-bond acceptors (Lipinski definition) is 6. The molecule has 0 spiro atoms. The Labute approximate surface area is 164 Å². The van der Waals surface area contributed by atoms with Crippen LogP contribution in [0.5, 0.6) is 0 Å². The van der Waals surface area contributed by atoms with Gasteiger partial charge in [0.2, 0.25) is 0 Å². The summed E-state index contributed by atoms with van der Waals surface area (Å²) in [5, 5.41) is 6.60. The summed E-state index contributed by atoms with van der Waals surface area (Å²) in [6.45, 7) is 0. The van der Waals surface area contributed by atoms with Gasteiger partial charge in [-0.3, -0.25) is 14.3 Å². The number of benzene rings is 1. The van der Waals surface area contributed by atoms with E-state index in [1.165, 1.54) is 0 Å². The Morgan fingerprint density at radius 3 is 2.76 bits per heavy atom. The van der Waals surface area contributed by atoms with Gasteiger partial charge in [-0.25, -0.2) is 9.97 Å². The summed E-state index contributed by atoms with van der Waals surface area (Å²) in [7, 11) is 0. The fraction of sp³-hybridized carbons (Fsp3) is 0. The van der Waals surface area contributed by atoms with Gasteiger partial charge in [0.15, 0.2) is 11.5 Å². The van der Waals surface area contributed by atoms with Gasteiger partial charge in [-0.15, -0.1) is 0 Å². The maximum Gasteiger partial charge on any atom is 0.277 e. The highest BCUT2D eigenvalue weighted by molar-refractivity contribution is 6.03. The molecule has 0 unspecified atom stereocenters. The van der Waals surface area contributed by atoms with Crippen LogP contribution in [-0.4, -0.2) is 30.6 Å². The molecule has 4 aromatic heterocycles. The van der Waals surface area contributed by atoms with Gasteiger partial charge in [-0.05, 0) is 36.4 Å². The molecule has 29 heavy (non-hydrogen) atoms. The van der Waals surface area contributed by atoms with E-state index in [2.05, 4.69) is 25.4 Å².